The van der Waals surface area contributed by atoms with Crippen LogP contribution in [0.2, 0.25) is 0 Å². The van der Waals surface area contributed by atoms with Crippen molar-refractivity contribution in [1.29, 1.82) is 0 Å². The highest BCUT2D eigenvalue weighted by Crippen LogP contribution is 2.19. The molecule has 2 N–H and O–H groups in total. The summed E-state index contributed by atoms with van der Waals surface area (Å²) in [6.45, 7) is 3.11. The molecule has 0 saturated carbocycles. The van der Waals surface area contributed by atoms with Gasteiger partial charge in [0.25, 0.3) is 10.1 Å². The molecule has 0 aromatic rings. The third-order valence-corrected chi connectivity index (χ3v) is 2.12. The Morgan fingerprint density at radius 3 is 1.79 bits per heavy atom. The van der Waals surface area contributed by atoms with Crippen LogP contribution in [0, 0.1) is 5.41 Å². The van der Waals surface area contributed by atoms with Crippen LogP contribution < -0.4 is 0 Å². The Morgan fingerprint density at radius 2 is 1.71 bits per heavy atom. The van der Waals surface area contributed by atoms with E-state index in [-0.39, 0.29) is 6.16 Å². The van der Waals surface area contributed by atoms with Crippen LogP contribution in [0.5, 0.6) is 0 Å². The lowest BCUT2D eigenvalue weighted by molar-refractivity contribution is -0.145. The van der Waals surface area contributed by atoms with Crippen molar-refractivity contribution in [2.45, 2.75) is 13.8 Å². The van der Waals surface area contributed by atoms with Crippen molar-refractivity contribution in [2.24, 2.45) is 5.41 Å². The van der Waals surface area contributed by atoms with E-state index in [9.17, 15) is 17.8 Å². The van der Waals surface area contributed by atoms with E-state index in [0.717, 1.165) is 0 Å². The second kappa shape index (κ2) is 6.06. The van der Waals surface area contributed by atoms with Gasteiger partial charge in [0.15, 0.2) is 6.16 Å². The van der Waals surface area contributed by atoms with Crippen molar-refractivity contribution < 1.29 is 27.4 Å². The van der Waals surface area contributed by atoms with Crippen LogP contribution in [-0.4, -0.2) is 36.5 Å². The SMILES string of the molecule is CC(C)(C[PH+]=O)C(=O)O.CS(=O)(=O)O. The Morgan fingerprint density at radius 1 is 1.43 bits per heavy atom. The molecular formula is C6H14O6PS+. The minimum atomic E-state index is -3.67. The average Bonchev–Trinajstić information content (AvgIpc) is 1.82. The zero-order valence-electron chi connectivity index (χ0n) is 8.14. The second-order valence-corrected chi connectivity index (χ2v) is 5.35. The van der Waals surface area contributed by atoms with Gasteiger partial charge in [0.1, 0.15) is 5.41 Å². The van der Waals surface area contributed by atoms with Gasteiger partial charge < -0.3 is 5.11 Å². The summed E-state index contributed by atoms with van der Waals surface area (Å²) in [5, 5.41) is 8.44. The number of carboxylic acids is 1. The quantitative estimate of drug-likeness (QED) is 0.557. The minimum absolute atomic E-state index is 0.225. The summed E-state index contributed by atoms with van der Waals surface area (Å²) in [6.07, 6.45) is 0.940. The minimum Gasteiger partial charge on any atom is -0.481 e. The predicted molar refractivity (Wildman–Crippen MR) is 52.8 cm³/mol. The van der Waals surface area contributed by atoms with Crippen molar-refractivity contribution in [2.75, 3.05) is 12.4 Å². The number of rotatable bonds is 3. The number of hydrogen-bond donors (Lipinski definition) is 2. The lowest BCUT2D eigenvalue weighted by Gasteiger charge is -2.09. The normalized spacial score (nSPS) is 11.7. The summed E-state index contributed by atoms with van der Waals surface area (Å²) in [5.41, 5.74) is -0.833. The monoisotopic (exact) mass is 245 g/mol. The van der Waals surface area contributed by atoms with E-state index < -0.39 is 30.0 Å². The first-order valence-corrected chi connectivity index (χ1v) is 6.48. The molecule has 0 aliphatic heterocycles. The molecule has 1 atom stereocenters. The molecule has 0 bridgehead atoms. The molecule has 0 rings (SSSR count). The summed E-state index contributed by atoms with van der Waals surface area (Å²) < 4.78 is 35.9. The van der Waals surface area contributed by atoms with Crippen LogP contribution in [-0.2, 0) is 19.5 Å². The molecule has 0 aliphatic carbocycles. The maximum absolute atomic E-state index is 10.3. The highest BCUT2D eigenvalue weighted by Gasteiger charge is 2.30. The Kier molecular flexibility index (Phi) is 6.89. The van der Waals surface area contributed by atoms with E-state index >= 15 is 0 Å². The summed E-state index contributed by atoms with van der Waals surface area (Å²) in [4.78, 5) is 10.3. The van der Waals surface area contributed by atoms with Gasteiger partial charge in [0.05, 0.1) is 6.26 Å². The van der Waals surface area contributed by atoms with E-state index in [1.54, 1.807) is 13.8 Å². The van der Waals surface area contributed by atoms with Crippen LogP contribution in [0.15, 0.2) is 0 Å². The Labute approximate surface area is 84.3 Å². The van der Waals surface area contributed by atoms with E-state index in [0.29, 0.717) is 6.26 Å². The Bertz CT molecular complexity index is 285. The standard InChI is InChI=1S/C5H9O3P.CH4O3S/c1-5(2,3-9-8)4(6)7;1-5(2,3)4/h3H2,1-2H3,(H,6,7);1H3,(H,2,3,4)/p+1. The number of hydrogen-bond acceptors (Lipinski definition) is 4. The highest BCUT2D eigenvalue weighted by molar-refractivity contribution is 7.85. The maximum atomic E-state index is 10.3. The third-order valence-electron chi connectivity index (χ3n) is 1.09. The fourth-order valence-electron chi connectivity index (χ4n) is 0.256. The molecule has 0 spiro atoms. The summed E-state index contributed by atoms with van der Waals surface area (Å²) >= 11 is 0. The van der Waals surface area contributed by atoms with Gasteiger partial charge in [-0.1, -0.05) is 4.57 Å². The van der Waals surface area contributed by atoms with Crippen molar-refractivity contribution in [1.82, 2.24) is 0 Å². The molecule has 8 heteroatoms. The maximum Gasteiger partial charge on any atom is 0.326 e. The van der Waals surface area contributed by atoms with Crippen LogP contribution in [0.3, 0.4) is 0 Å². The van der Waals surface area contributed by atoms with Gasteiger partial charge in [-0.2, -0.15) is 8.42 Å². The summed E-state index contributed by atoms with van der Waals surface area (Å²) in [6, 6.07) is 0. The molecule has 0 saturated heterocycles. The van der Waals surface area contributed by atoms with Crippen LogP contribution in [0.25, 0.3) is 0 Å². The number of carboxylic acid groups (broad SMARTS) is 1. The molecule has 0 radical (unpaired) electrons. The van der Waals surface area contributed by atoms with Gasteiger partial charge in [0.2, 0.25) is 0 Å². The van der Waals surface area contributed by atoms with Gasteiger partial charge >= 0.3 is 14.4 Å². The number of aliphatic carboxylic acids is 1. The molecular weight excluding hydrogens is 231 g/mol. The van der Waals surface area contributed by atoms with Crippen LogP contribution >= 0.6 is 8.46 Å². The van der Waals surface area contributed by atoms with E-state index in [1.165, 1.54) is 0 Å². The van der Waals surface area contributed by atoms with E-state index in [1.807, 2.05) is 0 Å². The van der Waals surface area contributed by atoms with Crippen molar-refractivity contribution in [3.05, 3.63) is 0 Å². The third kappa shape index (κ3) is 14.0. The Balaban J connectivity index is 0. The molecule has 0 aromatic carbocycles. The largest absolute Gasteiger partial charge is 0.481 e. The predicted octanol–water partition coefficient (Wildman–Crippen LogP) is 0.625. The molecule has 14 heavy (non-hydrogen) atoms. The number of carbonyl (C=O) groups is 1. The first kappa shape index (κ1) is 15.9. The molecule has 1 unspecified atom stereocenters. The second-order valence-electron chi connectivity index (χ2n) is 3.24. The lowest BCUT2D eigenvalue weighted by atomic mass is 9.97. The Hall–Kier alpha value is -0.520. The van der Waals surface area contributed by atoms with E-state index in [2.05, 4.69) is 0 Å². The molecule has 0 aromatic heterocycles. The average molecular weight is 245 g/mol. The zero-order valence-corrected chi connectivity index (χ0v) is 9.96. The van der Waals surface area contributed by atoms with Gasteiger partial charge in [-0.25, -0.2) is 0 Å². The van der Waals surface area contributed by atoms with Gasteiger partial charge in [0, 0.05) is 0 Å². The first-order valence-electron chi connectivity index (χ1n) is 3.51. The molecule has 84 valence electrons. The van der Waals surface area contributed by atoms with Crippen molar-refractivity contribution in [3.8, 4) is 0 Å². The summed E-state index contributed by atoms with van der Waals surface area (Å²) in [5.74, 6) is -0.897. The lowest BCUT2D eigenvalue weighted by Crippen LogP contribution is -2.25. The van der Waals surface area contributed by atoms with Gasteiger partial charge in [-0.15, -0.1) is 0 Å². The summed E-state index contributed by atoms with van der Waals surface area (Å²) in [7, 11) is -4.20. The fourth-order valence-corrected chi connectivity index (χ4v) is 0.768. The fraction of sp³-hybridized carbons (Fsp3) is 0.833. The highest BCUT2D eigenvalue weighted by atomic mass is 32.2. The van der Waals surface area contributed by atoms with Crippen LogP contribution in [0.4, 0.5) is 0 Å². The van der Waals surface area contributed by atoms with E-state index in [4.69, 9.17) is 9.66 Å². The first-order chi connectivity index (χ1) is 6.00. The van der Waals surface area contributed by atoms with Gasteiger partial charge in [-0.05, 0) is 13.8 Å². The van der Waals surface area contributed by atoms with Crippen LogP contribution in [0.1, 0.15) is 13.8 Å². The smallest absolute Gasteiger partial charge is 0.326 e. The molecule has 0 heterocycles. The van der Waals surface area contributed by atoms with Gasteiger partial charge in [-0.3, -0.25) is 9.35 Å². The van der Waals surface area contributed by atoms with Crippen molar-refractivity contribution in [3.63, 3.8) is 0 Å². The molecule has 0 fully saturated rings. The molecule has 6 nitrogen and oxygen atoms in total. The topological polar surface area (TPSA) is 109 Å². The molecule has 0 aliphatic rings. The molecule has 0 amide bonds. The zero-order chi connectivity index (χ0) is 12.0. The van der Waals surface area contributed by atoms with Crippen molar-refractivity contribution >= 4 is 24.5 Å².